The van der Waals surface area contributed by atoms with Gasteiger partial charge in [0.1, 0.15) is 0 Å². The first-order valence-electron chi connectivity index (χ1n) is 6.29. The molecule has 0 aromatic heterocycles. The van der Waals surface area contributed by atoms with E-state index in [9.17, 15) is 0 Å². The lowest BCUT2D eigenvalue weighted by Gasteiger charge is -2.27. The van der Waals surface area contributed by atoms with Gasteiger partial charge in [-0.25, -0.2) is 0 Å². The van der Waals surface area contributed by atoms with Crippen LogP contribution in [0.4, 0.5) is 0 Å². The second-order valence-electron chi connectivity index (χ2n) is 5.37. The molecule has 0 spiro atoms. The SMILES string of the molecule is CC=CC=CCCC(C)(C)CC(C)CC. The van der Waals surface area contributed by atoms with Crippen molar-refractivity contribution in [2.24, 2.45) is 11.3 Å². The molecular formula is C15H28. The molecule has 0 amide bonds. The van der Waals surface area contributed by atoms with Gasteiger partial charge in [-0.2, -0.15) is 0 Å². The van der Waals surface area contributed by atoms with E-state index in [0.717, 1.165) is 5.92 Å². The van der Waals surface area contributed by atoms with Crippen LogP contribution in [0, 0.1) is 11.3 Å². The summed E-state index contributed by atoms with van der Waals surface area (Å²) in [5.74, 6) is 0.861. The monoisotopic (exact) mass is 208 g/mol. The van der Waals surface area contributed by atoms with Crippen LogP contribution in [0.15, 0.2) is 24.3 Å². The second kappa shape index (κ2) is 7.73. The molecule has 0 aliphatic heterocycles. The van der Waals surface area contributed by atoms with Crippen molar-refractivity contribution in [1.82, 2.24) is 0 Å². The Morgan fingerprint density at radius 3 is 2.40 bits per heavy atom. The van der Waals surface area contributed by atoms with Gasteiger partial charge in [0.15, 0.2) is 0 Å². The Kier molecular flexibility index (Phi) is 7.46. The van der Waals surface area contributed by atoms with Crippen molar-refractivity contribution in [1.29, 1.82) is 0 Å². The van der Waals surface area contributed by atoms with Crippen LogP contribution in [-0.2, 0) is 0 Å². The van der Waals surface area contributed by atoms with Crippen molar-refractivity contribution in [3.63, 3.8) is 0 Å². The average Bonchev–Trinajstić information content (AvgIpc) is 2.16. The summed E-state index contributed by atoms with van der Waals surface area (Å²) in [6.07, 6.45) is 13.7. The van der Waals surface area contributed by atoms with Crippen LogP contribution >= 0.6 is 0 Å². The predicted molar refractivity (Wildman–Crippen MR) is 71.0 cm³/mol. The van der Waals surface area contributed by atoms with Crippen molar-refractivity contribution in [2.75, 3.05) is 0 Å². The molecule has 15 heavy (non-hydrogen) atoms. The molecule has 0 heteroatoms. The fraction of sp³-hybridized carbons (Fsp3) is 0.733. The summed E-state index contributed by atoms with van der Waals surface area (Å²) in [6, 6.07) is 0. The van der Waals surface area contributed by atoms with E-state index in [2.05, 4.69) is 58.9 Å². The summed E-state index contributed by atoms with van der Waals surface area (Å²) >= 11 is 0. The van der Waals surface area contributed by atoms with E-state index < -0.39 is 0 Å². The quantitative estimate of drug-likeness (QED) is 0.494. The van der Waals surface area contributed by atoms with Crippen LogP contribution in [0.5, 0.6) is 0 Å². The lowest BCUT2D eigenvalue weighted by molar-refractivity contribution is 0.255. The maximum Gasteiger partial charge on any atom is -0.0343 e. The molecule has 0 nitrogen and oxygen atoms in total. The minimum absolute atomic E-state index is 0.496. The number of rotatable bonds is 7. The molecule has 1 unspecified atom stereocenters. The third-order valence-corrected chi connectivity index (χ3v) is 3.03. The summed E-state index contributed by atoms with van der Waals surface area (Å²) in [5.41, 5.74) is 0.496. The highest BCUT2D eigenvalue weighted by atomic mass is 14.2. The number of hydrogen-bond acceptors (Lipinski definition) is 0. The zero-order chi connectivity index (χ0) is 11.7. The zero-order valence-corrected chi connectivity index (χ0v) is 11.2. The van der Waals surface area contributed by atoms with Crippen LogP contribution in [0.3, 0.4) is 0 Å². The van der Waals surface area contributed by atoms with Gasteiger partial charge in [0.25, 0.3) is 0 Å². The molecule has 0 aromatic rings. The van der Waals surface area contributed by atoms with Crippen LogP contribution < -0.4 is 0 Å². The van der Waals surface area contributed by atoms with E-state index >= 15 is 0 Å². The average molecular weight is 208 g/mol. The largest absolute Gasteiger partial charge is 0.0877 e. The van der Waals surface area contributed by atoms with Crippen LogP contribution in [0.25, 0.3) is 0 Å². The molecule has 0 rings (SSSR count). The highest BCUT2D eigenvalue weighted by Gasteiger charge is 2.19. The van der Waals surface area contributed by atoms with E-state index in [0.29, 0.717) is 5.41 Å². The first-order chi connectivity index (χ1) is 7.02. The molecule has 1 atom stereocenters. The summed E-state index contributed by atoms with van der Waals surface area (Å²) in [4.78, 5) is 0. The zero-order valence-electron chi connectivity index (χ0n) is 11.2. The maximum absolute atomic E-state index is 2.39. The minimum atomic E-state index is 0.496. The molecule has 0 N–H and O–H groups in total. The molecule has 0 fully saturated rings. The van der Waals surface area contributed by atoms with Gasteiger partial charge in [-0.1, -0.05) is 58.4 Å². The number of hydrogen-bond donors (Lipinski definition) is 0. The van der Waals surface area contributed by atoms with Gasteiger partial charge in [-0.05, 0) is 37.5 Å². The fourth-order valence-corrected chi connectivity index (χ4v) is 1.95. The molecule has 0 aliphatic carbocycles. The van der Waals surface area contributed by atoms with E-state index in [4.69, 9.17) is 0 Å². The molecule has 0 heterocycles. The summed E-state index contributed by atoms with van der Waals surface area (Å²) in [5, 5.41) is 0. The molecule has 88 valence electrons. The first kappa shape index (κ1) is 14.5. The highest BCUT2D eigenvalue weighted by molar-refractivity contribution is 5.01. The summed E-state index contributed by atoms with van der Waals surface area (Å²) in [7, 11) is 0. The van der Waals surface area contributed by atoms with Crippen LogP contribution in [-0.4, -0.2) is 0 Å². The van der Waals surface area contributed by atoms with Crippen molar-refractivity contribution >= 4 is 0 Å². The van der Waals surface area contributed by atoms with Gasteiger partial charge in [0, 0.05) is 0 Å². The van der Waals surface area contributed by atoms with Gasteiger partial charge in [0.05, 0.1) is 0 Å². The fourth-order valence-electron chi connectivity index (χ4n) is 1.95. The Balaban J connectivity index is 3.82. The van der Waals surface area contributed by atoms with Crippen LogP contribution in [0.1, 0.15) is 60.3 Å². The third kappa shape index (κ3) is 8.47. The third-order valence-electron chi connectivity index (χ3n) is 3.03. The van der Waals surface area contributed by atoms with E-state index in [1.54, 1.807) is 0 Å². The van der Waals surface area contributed by atoms with Gasteiger partial charge >= 0.3 is 0 Å². The molecule has 0 radical (unpaired) electrons. The van der Waals surface area contributed by atoms with Crippen molar-refractivity contribution in [3.8, 4) is 0 Å². The lowest BCUT2D eigenvalue weighted by Crippen LogP contribution is -2.14. The predicted octanol–water partition coefficient (Wildman–Crippen LogP) is 5.36. The normalized spacial score (nSPS) is 15.3. The molecule has 0 bridgehead atoms. The Labute approximate surface area is 96.5 Å². The van der Waals surface area contributed by atoms with Gasteiger partial charge in [-0.3, -0.25) is 0 Å². The van der Waals surface area contributed by atoms with Crippen LogP contribution in [0.2, 0.25) is 0 Å². The first-order valence-corrected chi connectivity index (χ1v) is 6.29. The van der Waals surface area contributed by atoms with Crippen molar-refractivity contribution < 1.29 is 0 Å². The summed E-state index contributed by atoms with van der Waals surface area (Å²) in [6.45, 7) is 11.5. The Hall–Kier alpha value is -0.520. The number of allylic oxidation sites excluding steroid dienone is 4. The molecular weight excluding hydrogens is 180 g/mol. The maximum atomic E-state index is 2.39. The van der Waals surface area contributed by atoms with E-state index in [1.165, 1.54) is 25.7 Å². The second-order valence-corrected chi connectivity index (χ2v) is 5.37. The molecule has 0 saturated heterocycles. The Bertz CT molecular complexity index is 196. The Morgan fingerprint density at radius 2 is 1.87 bits per heavy atom. The lowest BCUT2D eigenvalue weighted by atomic mass is 9.79. The molecule has 0 saturated carbocycles. The van der Waals surface area contributed by atoms with Gasteiger partial charge < -0.3 is 0 Å². The summed E-state index contributed by atoms with van der Waals surface area (Å²) < 4.78 is 0. The van der Waals surface area contributed by atoms with E-state index in [1.807, 2.05) is 0 Å². The van der Waals surface area contributed by atoms with E-state index in [-0.39, 0.29) is 0 Å². The highest BCUT2D eigenvalue weighted by Crippen LogP contribution is 2.31. The van der Waals surface area contributed by atoms with Gasteiger partial charge in [-0.15, -0.1) is 0 Å². The molecule has 0 aliphatic rings. The smallest absolute Gasteiger partial charge is 0.0343 e. The van der Waals surface area contributed by atoms with Crippen molar-refractivity contribution in [2.45, 2.75) is 60.3 Å². The standard InChI is InChI=1S/C15H28/c1-6-8-9-10-11-12-15(4,5)13-14(3)7-2/h6,8-10,14H,7,11-13H2,1-5H3. The van der Waals surface area contributed by atoms with Gasteiger partial charge in [0.2, 0.25) is 0 Å². The topological polar surface area (TPSA) is 0 Å². The Morgan fingerprint density at radius 1 is 1.20 bits per heavy atom. The minimum Gasteiger partial charge on any atom is -0.0877 e. The molecule has 0 aromatic carbocycles. The van der Waals surface area contributed by atoms with Crippen molar-refractivity contribution in [3.05, 3.63) is 24.3 Å².